The molecule has 2 heterocycles. The Morgan fingerprint density at radius 3 is 2.40 bits per heavy atom. The van der Waals surface area contributed by atoms with Crippen LogP contribution in [0.4, 0.5) is 0 Å². The number of benzene rings is 2. The van der Waals surface area contributed by atoms with Gasteiger partial charge in [-0.15, -0.1) is 0 Å². The van der Waals surface area contributed by atoms with E-state index in [1.54, 1.807) is 36.5 Å². The van der Waals surface area contributed by atoms with Gasteiger partial charge in [0.05, 0.1) is 11.6 Å². The lowest BCUT2D eigenvalue weighted by Gasteiger charge is -2.19. The first-order valence-electron chi connectivity index (χ1n) is 9.13. The average Bonchev–Trinajstić information content (AvgIpc) is 3.13. The van der Waals surface area contributed by atoms with E-state index in [0.717, 1.165) is 17.4 Å². The van der Waals surface area contributed by atoms with Gasteiger partial charge in [-0.25, -0.2) is 13.4 Å². The standard InChI is InChI=1S/C22H18ClN3O3S/c1-30(28,29)22-25-20(18-12-5-6-13-26(18)22)21(27)24-19(15-8-3-2-4-9-15)16-10-7-11-17(23)14-16/h2-14,19H,1H3,(H,24,27). The molecular weight excluding hydrogens is 422 g/mol. The van der Waals surface area contributed by atoms with Crippen LogP contribution in [0.3, 0.4) is 0 Å². The summed E-state index contributed by atoms with van der Waals surface area (Å²) in [6.45, 7) is 0. The van der Waals surface area contributed by atoms with Gasteiger partial charge in [-0.2, -0.15) is 0 Å². The molecule has 1 N–H and O–H groups in total. The number of hydrogen-bond acceptors (Lipinski definition) is 4. The fourth-order valence-corrected chi connectivity index (χ4v) is 4.30. The zero-order valence-corrected chi connectivity index (χ0v) is 17.6. The first-order chi connectivity index (χ1) is 14.3. The number of fused-ring (bicyclic) bond motifs is 1. The van der Waals surface area contributed by atoms with E-state index < -0.39 is 21.8 Å². The van der Waals surface area contributed by atoms with Gasteiger partial charge in [-0.3, -0.25) is 9.20 Å². The lowest BCUT2D eigenvalue weighted by atomic mass is 9.98. The van der Waals surface area contributed by atoms with Crippen molar-refractivity contribution in [3.63, 3.8) is 0 Å². The van der Waals surface area contributed by atoms with E-state index in [9.17, 15) is 13.2 Å². The second-order valence-corrected chi connectivity index (χ2v) is 9.19. The quantitative estimate of drug-likeness (QED) is 0.511. The largest absolute Gasteiger partial charge is 0.340 e. The summed E-state index contributed by atoms with van der Waals surface area (Å²) in [4.78, 5) is 17.4. The van der Waals surface area contributed by atoms with Crippen LogP contribution in [0, 0.1) is 0 Å². The lowest BCUT2D eigenvalue weighted by molar-refractivity contribution is 0.0940. The number of hydrogen-bond donors (Lipinski definition) is 1. The molecule has 0 saturated heterocycles. The maximum absolute atomic E-state index is 13.2. The Hall–Kier alpha value is -3.16. The summed E-state index contributed by atoms with van der Waals surface area (Å²) in [5.41, 5.74) is 2.11. The van der Waals surface area contributed by atoms with Gasteiger partial charge < -0.3 is 5.32 Å². The number of rotatable bonds is 5. The zero-order chi connectivity index (χ0) is 21.3. The number of amides is 1. The molecular formula is C22H18ClN3O3S. The Morgan fingerprint density at radius 1 is 1.00 bits per heavy atom. The number of aromatic nitrogens is 2. The van der Waals surface area contributed by atoms with Gasteiger partial charge in [0.15, 0.2) is 5.69 Å². The molecule has 2 aromatic carbocycles. The van der Waals surface area contributed by atoms with Crippen LogP contribution in [0.5, 0.6) is 0 Å². The Morgan fingerprint density at radius 2 is 1.70 bits per heavy atom. The summed E-state index contributed by atoms with van der Waals surface area (Å²) >= 11 is 6.17. The highest BCUT2D eigenvalue weighted by Crippen LogP contribution is 2.26. The summed E-state index contributed by atoms with van der Waals surface area (Å²) in [5.74, 6) is -0.484. The first-order valence-corrected chi connectivity index (χ1v) is 11.4. The van der Waals surface area contributed by atoms with Gasteiger partial charge in [0.2, 0.25) is 15.0 Å². The highest BCUT2D eigenvalue weighted by atomic mass is 35.5. The van der Waals surface area contributed by atoms with Crippen LogP contribution in [0.25, 0.3) is 5.52 Å². The molecule has 0 spiro atoms. The van der Waals surface area contributed by atoms with Crippen LogP contribution in [0.15, 0.2) is 84.1 Å². The Labute approximate surface area is 179 Å². The second-order valence-electron chi connectivity index (χ2n) is 6.84. The molecule has 30 heavy (non-hydrogen) atoms. The normalized spacial score (nSPS) is 12.6. The summed E-state index contributed by atoms with van der Waals surface area (Å²) in [6.07, 6.45) is 2.64. The summed E-state index contributed by atoms with van der Waals surface area (Å²) in [7, 11) is -3.63. The zero-order valence-electron chi connectivity index (χ0n) is 16.0. The Bertz CT molecular complexity index is 1330. The minimum atomic E-state index is -3.63. The number of nitrogens with one attached hydrogen (secondary N) is 1. The molecule has 152 valence electrons. The average molecular weight is 440 g/mol. The molecule has 0 aliphatic rings. The molecule has 6 nitrogen and oxygen atoms in total. The van der Waals surface area contributed by atoms with Crippen molar-refractivity contribution in [2.75, 3.05) is 6.26 Å². The van der Waals surface area contributed by atoms with Crippen molar-refractivity contribution in [1.29, 1.82) is 0 Å². The van der Waals surface area contributed by atoms with Gasteiger partial charge in [0.25, 0.3) is 5.91 Å². The summed E-state index contributed by atoms with van der Waals surface area (Å²) < 4.78 is 25.7. The van der Waals surface area contributed by atoms with E-state index in [-0.39, 0.29) is 10.9 Å². The van der Waals surface area contributed by atoms with E-state index in [0.29, 0.717) is 10.5 Å². The van der Waals surface area contributed by atoms with Gasteiger partial charge in [-0.05, 0) is 35.4 Å². The van der Waals surface area contributed by atoms with Crippen LogP contribution in [-0.2, 0) is 9.84 Å². The first kappa shape index (κ1) is 20.1. The van der Waals surface area contributed by atoms with E-state index >= 15 is 0 Å². The van der Waals surface area contributed by atoms with Crippen molar-refractivity contribution in [3.05, 3.63) is 101 Å². The van der Waals surface area contributed by atoms with Crippen molar-refractivity contribution < 1.29 is 13.2 Å². The van der Waals surface area contributed by atoms with Crippen molar-refractivity contribution in [3.8, 4) is 0 Å². The van der Waals surface area contributed by atoms with Gasteiger partial charge in [-0.1, -0.05) is 60.1 Å². The van der Waals surface area contributed by atoms with Gasteiger partial charge in [0, 0.05) is 17.5 Å². The molecule has 1 amide bonds. The maximum atomic E-state index is 13.2. The fourth-order valence-electron chi connectivity index (χ4n) is 3.33. The van der Waals surface area contributed by atoms with Gasteiger partial charge in [0.1, 0.15) is 0 Å². The molecule has 1 unspecified atom stereocenters. The van der Waals surface area contributed by atoms with E-state index in [1.165, 1.54) is 4.40 Å². The Balaban J connectivity index is 1.79. The SMILES string of the molecule is CS(=O)(=O)c1nc(C(=O)NC(c2ccccc2)c2cccc(Cl)c2)c2ccccn12. The fraction of sp³-hybridized carbons (Fsp3) is 0.0909. The molecule has 0 bridgehead atoms. The third kappa shape index (κ3) is 3.94. The molecule has 4 rings (SSSR count). The summed E-state index contributed by atoms with van der Waals surface area (Å²) in [6, 6.07) is 21.3. The lowest BCUT2D eigenvalue weighted by Crippen LogP contribution is -2.29. The maximum Gasteiger partial charge on any atom is 0.272 e. The van der Waals surface area contributed by atoms with Crippen LogP contribution in [0.1, 0.15) is 27.7 Å². The number of halogens is 1. The number of nitrogens with zero attached hydrogens (tertiary/aromatic N) is 2. The predicted octanol–water partition coefficient (Wildman–Crippen LogP) is 3.91. The van der Waals surface area contributed by atoms with Crippen LogP contribution in [0.2, 0.25) is 5.02 Å². The Kier molecular flexibility index (Phi) is 5.32. The minimum Gasteiger partial charge on any atom is -0.340 e. The van der Waals surface area contributed by atoms with Crippen molar-refractivity contribution in [1.82, 2.24) is 14.7 Å². The van der Waals surface area contributed by atoms with Crippen LogP contribution in [-0.4, -0.2) is 30.0 Å². The predicted molar refractivity (Wildman–Crippen MR) is 116 cm³/mol. The van der Waals surface area contributed by atoms with E-state index in [4.69, 9.17) is 11.6 Å². The van der Waals surface area contributed by atoms with Gasteiger partial charge >= 0.3 is 0 Å². The molecule has 1 atom stereocenters. The number of sulfone groups is 1. The molecule has 0 saturated carbocycles. The minimum absolute atomic E-state index is 0.0407. The van der Waals surface area contributed by atoms with Crippen molar-refractivity contribution in [2.24, 2.45) is 0 Å². The third-order valence-electron chi connectivity index (χ3n) is 4.65. The second kappa shape index (κ2) is 7.93. The van der Waals surface area contributed by atoms with Crippen LogP contribution >= 0.6 is 11.6 Å². The molecule has 8 heteroatoms. The molecule has 0 radical (unpaired) electrons. The van der Waals surface area contributed by atoms with Crippen LogP contribution < -0.4 is 5.32 Å². The van der Waals surface area contributed by atoms with Crippen molar-refractivity contribution >= 4 is 32.9 Å². The van der Waals surface area contributed by atoms with E-state index in [2.05, 4.69) is 10.3 Å². The summed E-state index contributed by atoms with van der Waals surface area (Å²) in [5, 5.41) is 3.35. The smallest absolute Gasteiger partial charge is 0.272 e. The number of carbonyl (C=O) groups is 1. The molecule has 0 aliphatic heterocycles. The molecule has 2 aromatic heterocycles. The van der Waals surface area contributed by atoms with Crippen molar-refractivity contribution in [2.45, 2.75) is 11.2 Å². The third-order valence-corrected chi connectivity index (χ3v) is 5.84. The molecule has 0 fully saturated rings. The number of carbonyl (C=O) groups excluding carboxylic acids is 1. The monoisotopic (exact) mass is 439 g/mol. The number of pyridine rings is 1. The topological polar surface area (TPSA) is 80.5 Å². The van der Waals surface area contributed by atoms with E-state index in [1.807, 2.05) is 42.5 Å². The highest BCUT2D eigenvalue weighted by molar-refractivity contribution is 7.90. The number of imidazole rings is 1. The highest BCUT2D eigenvalue weighted by Gasteiger charge is 2.25. The molecule has 4 aromatic rings. The molecule has 0 aliphatic carbocycles.